The summed E-state index contributed by atoms with van der Waals surface area (Å²) in [5.41, 5.74) is 7.94. The van der Waals surface area contributed by atoms with Gasteiger partial charge in [0, 0.05) is 11.5 Å². The summed E-state index contributed by atoms with van der Waals surface area (Å²) >= 11 is 0. The van der Waals surface area contributed by atoms with Gasteiger partial charge in [-0.3, -0.25) is 4.55 Å². The minimum absolute atomic E-state index is 0.0848. The zero-order valence-corrected chi connectivity index (χ0v) is 9.76. The highest BCUT2D eigenvalue weighted by Gasteiger charge is 2.16. The lowest BCUT2D eigenvalue weighted by Gasteiger charge is -2.08. The highest BCUT2D eigenvalue weighted by atomic mass is 32.2. The first kappa shape index (κ1) is 15.1. The zero-order chi connectivity index (χ0) is 12.4. The van der Waals surface area contributed by atoms with E-state index in [2.05, 4.69) is 10.0 Å². The van der Waals surface area contributed by atoms with E-state index >= 15 is 0 Å². The molecule has 9 heteroatoms. The van der Waals surface area contributed by atoms with E-state index in [1.165, 1.54) is 6.92 Å². The summed E-state index contributed by atoms with van der Waals surface area (Å²) in [6.45, 7) is 2.30. The van der Waals surface area contributed by atoms with Gasteiger partial charge in [0.15, 0.2) is 0 Å². The maximum absolute atomic E-state index is 10.6. The molecule has 0 fully saturated rings. The number of nitrogens with zero attached hydrogens (tertiary/aromatic N) is 3. The lowest BCUT2D eigenvalue weighted by Crippen LogP contribution is -2.23. The van der Waals surface area contributed by atoms with E-state index in [-0.39, 0.29) is 26.4 Å². The molecule has 0 heterocycles. The van der Waals surface area contributed by atoms with Crippen LogP contribution in [0.25, 0.3) is 10.4 Å². The van der Waals surface area contributed by atoms with Crippen molar-refractivity contribution in [1.82, 2.24) is 0 Å². The van der Waals surface area contributed by atoms with E-state index < -0.39 is 15.4 Å². The van der Waals surface area contributed by atoms with Gasteiger partial charge in [-0.1, -0.05) is 5.11 Å². The Morgan fingerprint density at radius 2 is 2.00 bits per heavy atom. The summed E-state index contributed by atoms with van der Waals surface area (Å²) in [7, 11) is -4.03. The largest absolute Gasteiger partial charge is 0.379 e. The smallest absolute Gasteiger partial charge is 0.269 e. The van der Waals surface area contributed by atoms with Gasteiger partial charge < -0.3 is 9.47 Å². The van der Waals surface area contributed by atoms with E-state index in [9.17, 15) is 8.42 Å². The van der Waals surface area contributed by atoms with Crippen molar-refractivity contribution in [2.75, 3.05) is 33.0 Å². The molecule has 8 nitrogen and oxygen atoms in total. The predicted molar refractivity (Wildman–Crippen MR) is 56.7 cm³/mol. The van der Waals surface area contributed by atoms with Crippen molar-refractivity contribution >= 4 is 10.1 Å². The molecule has 94 valence electrons. The van der Waals surface area contributed by atoms with E-state index in [4.69, 9.17) is 19.6 Å². The van der Waals surface area contributed by atoms with E-state index in [1.807, 2.05) is 0 Å². The Bertz CT molecular complexity index is 325. The van der Waals surface area contributed by atoms with Gasteiger partial charge >= 0.3 is 0 Å². The standard InChI is InChI=1S/C7H15N3O5S/c1-7(16(11,12)13)6-15-5-4-14-3-2-9-10-8/h7H,2-6H2,1H3,(H,11,12,13). The highest BCUT2D eigenvalue weighted by molar-refractivity contribution is 7.86. The Labute approximate surface area is 93.9 Å². The fourth-order valence-electron chi connectivity index (χ4n) is 0.705. The molecule has 0 rings (SSSR count). The van der Waals surface area contributed by atoms with Gasteiger partial charge in [-0.05, 0) is 12.5 Å². The van der Waals surface area contributed by atoms with Crippen LogP contribution in [-0.2, 0) is 19.6 Å². The molecule has 0 aromatic carbocycles. The molecule has 0 bridgehead atoms. The molecule has 1 unspecified atom stereocenters. The molecule has 0 saturated heterocycles. The monoisotopic (exact) mass is 253 g/mol. The molecule has 1 atom stereocenters. The van der Waals surface area contributed by atoms with Crippen LogP contribution in [0.4, 0.5) is 0 Å². The van der Waals surface area contributed by atoms with Crippen LogP contribution >= 0.6 is 0 Å². The van der Waals surface area contributed by atoms with E-state index in [1.54, 1.807) is 0 Å². The van der Waals surface area contributed by atoms with Crippen LogP contribution in [0.5, 0.6) is 0 Å². The van der Waals surface area contributed by atoms with Crippen molar-refractivity contribution in [2.45, 2.75) is 12.2 Å². The van der Waals surface area contributed by atoms with Gasteiger partial charge in [0.2, 0.25) is 0 Å². The number of rotatable bonds is 9. The Morgan fingerprint density at radius 1 is 1.38 bits per heavy atom. The molecule has 0 saturated carbocycles. The van der Waals surface area contributed by atoms with E-state index in [0.717, 1.165) is 0 Å². The average molecular weight is 253 g/mol. The van der Waals surface area contributed by atoms with Gasteiger partial charge in [0.25, 0.3) is 10.1 Å². The third-order valence-electron chi connectivity index (χ3n) is 1.63. The summed E-state index contributed by atoms with van der Waals surface area (Å²) in [4.78, 5) is 2.54. The fraction of sp³-hybridized carbons (Fsp3) is 1.00. The number of hydrogen-bond donors (Lipinski definition) is 1. The molecular weight excluding hydrogens is 238 g/mol. The Morgan fingerprint density at radius 3 is 2.56 bits per heavy atom. The molecule has 16 heavy (non-hydrogen) atoms. The second-order valence-electron chi connectivity index (χ2n) is 2.97. The molecule has 0 spiro atoms. The Balaban J connectivity index is 3.37. The topological polar surface area (TPSA) is 122 Å². The van der Waals surface area contributed by atoms with Crippen LogP contribution in [-0.4, -0.2) is 51.2 Å². The van der Waals surface area contributed by atoms with Crippen LogP contribution in [0.2, 0.25) is 0 Å². The van der Waals surface area contributed by atoms with Crippen LogP contribution in [0.1, 0.15) is 6.92 Å². The predicted octanol–water partition coefficient (Wildman–Crippen LogP) is 0.606. The molecular formula is C7H15N3O5S. The Kier molecular flexibility index (Phi) is 7.86. The normalized spacial score (nSPS) is 13.1. The fourth-order valence-corrected chi connectivity index (χ4v) is 0.973. The van der Waals surface area contributed by atoms with Gasteiger partial charge in [-0.2, -0.15) is 8.42 Å². The SMILES string of the molecule is CC(COCCOCCN=[N+]=[N-])S(=O)(=O)O. The molecule has 0 aromatic heterocycles. The quantitative estimate of drug-likeness (QED) is 0.212. The van der Waals surface area contributed by atoms with Gasteiger partial charge in [0.05, 0.1) is 26.4 Å². The van der Waals surface area contributed by atoms with E-state index in [0.29, 0.717) is 6.61 Å². The minimum atomic E-state index is -4.03. The van der Waals surface area contributed by atoms with Crippen molar-refractivity contribution in [3.8, 4) is 0 Å². The van der Waals surface area contributed by atoms with Crippen molar-refractivity contribution in [3.63, 3.8) is 0 Å². The molecule has 0 aliphatic carbocycles. The first-order valence-corrected chi connectivity index (χ1v) is 6.11. The first-order chi connectivity index (χ1) is 7.48. The maximum Gasteiger partial charge on any atom is 0.269 e. The zero-order valence-electron chi connectivity index (χ0n) is 8.94. The third kappa shape index (κ3) is 8.45. The average Bonchev–Trinajstić information content (AvgIpc) is 2.20. The van der Waals surface area contributed by atoms with Gasteiger partial charge in [-0.25, -0.2) is 0 Å². The lowest BCUT2D eigenvalue weighted by atomic mass is 10.5. The lowest BCUT2D eigenvalue weighted by molar-refractivity contribution is 0.0512. The molecule has 1 N–H and O–H groups in total. The van der Waals surface area contributed by atoms with Gasteiger partial charge in [0.1, 0.15) is 5.25 Å². The van der Waals surface area contributed by atoms with Crippen LogP contribution < -0.4 is 0 Å². The second-order valence-corrected chi connectivity index (χ2v) is 4.80. The summed E-state index contributed by atoms with van der Waals surface area (Å²) in [6.07, 6.45) is 0. The number of ether oxygens (including phenoxy) is 2. The maximum atomic E-state index is 10.6. The summed E-state index contributed by atoms with van der Waals surface area (Å²) < 4.78 is 39.7. The molecule has 0 aliphatic heterocycles. The van der Waals surface area contributed by atoms with Crippen LogP contribution in [0.15, 0.2) is 5.11 Å². The molecule has 0 aromatic rings. The number of hydrogen-bond acceptors (Lipinski definition) is 5. The van der Waals surface area contributed by atoms with Crippen molar-refractivity contribution in [1.29, 1.82) is 0 Å². The third-order valence-corrected chi connectivity index (χ3v) is 2.78. The van der Waals surface area contributed by atoms with Crippen molar-refractivity contribution in [3.05, 3.63) is 10.4 Å². The van der Waals surface area contributed by atoms with Crippen molar-refractivity contribution < 1.29 is 22.4 Å². The molecule has 0 aliphatic rings. The summed E-state index contributed by atoms with van der Waals surface area (Å²) in [6, 6.07) is 0. The highest BCUT2D eigenvalue weighted by Crippen LogP contribution is 1.97. The summed E-state index contributed by atoms with van der Waals surface area (Å²) in [5.74, 6) is 0. The second kappa shape index (κ2) is 8.31. The summed E-state index contributed by atoms with van der Waals surface area (Å²) in [5, 5.41) is 2.30. The van der Waals surface area contributed by atoms with Gasteiger partial charge in [-0.15, -0.1) is 0 Å². The van der Waals surface area contributed by atoms with Crippen LogP contribution in [0, 0.1) is 0 Å². The minimum Gasteiger partial charge on any atom is -0.379 e. The number of azide groups is 1. The molecule has 0 radical (unpaired) electrons. The van der Waals surface area contributed by atoms with Crippen molar-refractivity contribution in [2.24, 2.45) is 5.11 Å². The Hall–Kier alpha value is -0.860. The first-order valence-electron chi connectivity index (χ1n) is 4.61. The molecule has 0 amide bonds. The van der Waals surface area contributed by atoms with Crippen LogP contribution in [0.3, 0.4) is 0 Å².